The van der Waals surface area contributed by atoms with E-state index in [1.54, 1.807) is 0 Å². The number of hydrogen-bond donors (Lipinski definition) is 1. The third-order valence-electron chi connectivity index (χ3n) is 3.79. The van der Waals surface area contributed by atoms with Gasteiger partial charge in [0.25, 0.3) is 0 Å². The standard InChI is InChI=1S/C15H24ClN3S/c1-4-5-17-9-13-8-14(16)15(18-10-13)19-6-7-20-12(3)11(19)2/h8,10-12,17H,4-7,9H2,1-3H3. The number of anilines is 1. The predicted octanol–water partition coefficient (Wildman–Crippen LogP) is 3.56. The fourth-order valence-electron chi connectivity index (χ4n) is 2.42. The van der Waals surface area contributed by atoms with Crippen LogP contribution in [0.1, 0.15) is 32.8 Å². The highest BCUT2D eigenvalue weighted by Gasteiger charge is 2.27. The largest absolute Gasteiger partial charge is 0.351 e. The van der Waals surface area contributed by atoms with Crippen LogP contribution in [0.5, 0.6) is 0 Å². The van der Waals surface area contributed by atoms with Crippen LogP contribution in [0, 0.1) is 0 Å². The molecule has 0 saturated carbocycles. The second-order valence-electron chi connectivity index (χ2n) is 5.34. The molecular formula is C15H24ClN3S. The lowest BCUT2D eigenvalue weighted by molar-refractivity contribution is 0.619. The number of pyridine rings is 1. The highest BCUT2D eigenvalue weighted by Crippen LogP contribution is 2.32. The van der Waals surface area contributed by atoms with Crippen molar-refractivity contribution in [1.29, 1.82) is 0 Å². The maximum atomic E-state index is 6.45. The first-order valence-corrected chi connectivity index (χ1v) is 8.79. The second kappa shape index (κ2) is 7.53. The van der Waals surface area contributed by atoms with Crippen LogP contribution in [-0.4, -0.2) is 35.1 Å². The summed E-state index contributed by atoms with van der Waals surface area (Å²) in [5.74, 6) is 2.08. The van der Waals surface area contributed by atoms with Crippen LogP contribution in [0.4, 0.5) is 5.82 Å². The molecule has 2 rings (SSSR count). The lowest BCUT2D eigenvalue weighted by Crippen LogP contribution is -2.45. The van der Waals surface area contributed by atoms with Crippen LogP contribution in [0.3, 0.4) is 0 Å². The number of rotatable bonds is 5. The smallest absolute Gasteiger partial charge is 0.147 e. The summed E-state index contributed by atoms with van der Waals surface area (Å²) in [7, 11) is 0. The van der Waals surface area contributed by atoms with E-state index >= 15 is 0 Å². The van der Waals surface area contributed by atoms with Crippen LogP contribution >= 0.6 is 23.4 Å². The predicted molar refractivity (Wildman–Crippen MR) is 90.0 cm³/mol. The van der Waals surface area contributed by atoms with Crippen molar-refractivity contribution in [2.24, 2.45) is 0 Å². The molecule has 3 nitrogen and oxygen atoms in total. The Morgan fingerprint density at radius 2 is 2.30 bits per heavy atom. The third-order valence-corrected chi connectivity index (χ3v) is 5.41. The normalized spacial score (nSPS) is 23.1. The van der Waals surface area contributed by atoms with Gasteiger partial charge in [0, 0.05) is 36.3 Å². The van der Waals surface area contributed by atoms with Crippen molar-refractivity contribution in [2.45, 2.75) is 45.0 Å². The highest BCUT2D eigenvalue weighted by molar-refractivity contribution is 8.00. The van der Waals surface area contributed by atoms with E-state index in [2.05, 4.69) is 36.0 Å². The van der Waals surface area contributed by atoms with Crippen molar-refractivity contribution < 1.29 is 0 Å². The Morgan fingerprint density at radius 3 is 3.00 bits per heavy atom. The van der Waals surface area contributed by atoms with Gasteiger partial charge in [0.05, 0.1) is 5.02 Å². The van der Waals surface area contributed by atoms with Gasteiger partial charge >= 0.3 is 0 Å². The van der Waals surface area contributed by atoms with E-state index in [1.807, 2.05) is 24.0 Å². The summed E-state index contributed by atoms with van der Waals surface area (Å²) in [4.78, 5) is 6.95. The van der Waals surface area contributed by atoms with Gasteiger partial charge in [0.2, 0.25) is 0 Å². The molecule has 2 heterocycles. The molecular weight excluding hydrogens is 290 g/mol. The van der Waals surface area contributed by atoms with E-state index in [1.165, 1.54) is 0 Å². The van der Waals surface area contributed by atoms with Crippen LogP contribution in [-0.2, 0) is 6.54 Å². The highest BCUT2D eigenvalue weighted by atomic mass is 35.5. The van der Waals surface area contributed by atoms with Gasteiger partial charge in [-0.1, -0.05) is 25.4 Å². The third kappa shape index (κ3) is 3.80. The molecule has 1 saturated heterocycles. The van der Waals surface area contributed by atoms with Crippen molar-refractivity contribution in [3.63, 3.8) is 0 Å². The minimum absolute atomic E-state index is 0.475. The van der Waals surface area contributed by atoms with Gasteiger partial charge in [-0.2, -0.15) is 11.8 Å². The summed E-state index contributed by atoms with van der Waals surface area (Å²) in [5.41, 5.74) is 1.15. The van der Waals surface area contributed by atoms with Gasteiger partial charge in [-0.3, -0.25) is 0 Å². The molecule has 0 aliphatic carbocycles. The molecule has 2 unspecified atom stereocenters. The van der Waals surface area contributed by atoms with E-state index in [4.69, 9.17) is 11.6 Å². The Labute approximate surface area is 131 Å². The Bertz CT molecular complexity index is 441. The number of thioether (sulfide) groups is 1. The molecule has 1 aromatic rings. The maximum Gasteiger partial charge on any atom is 0.147 e. The van der Waals surface area contributed by atoms with E-state index < -0.39 is 0 Å². The first kappa shape index (κ1) is 15.9. The topological polar surface area (TPSA) is 28.2 Å². The molecule has 0 radical (unpaired) electrons. The average Bonchev–Trinajstić information content (AvgIpc) is 2.43. The van der Waals surface area contributed by atoms with E-state index in [0.717, 1.165) is 48.2 Å². The second-order valence-corrected chi connectivity index (χ2v) is 7.23. The van der Waals surface area contributed by atoms with Crippen molar-refractivity contribution in [2.75, 3.05) is 23.7 Å². The maximum absolute atomic E-state index is 6.45. The fourth-order valence-corrected chi connectivity index (χ4v) is 3.82. The molecule has 0 spiro atoms. The summed E-state index contributed by atoms with van der Waals surface area (Å²) < 4.78 is 0. The van der Waals surface area contributed by atoms with Crippen molar-refractivity contribution in [3.8, 4) is 0 Å². The lowest BCUT2D eigenvalue weighted by atomic mass is 10.2. The molecule has 2 atom stereocenters. The van der Waals surface area contributed by atoms with Crippen LogP contribution in [0.2, 0.25) is 5.02 Å². The summed E-state index contributed by atoms with van der Waals surface area (Å²) in [6.07, 6.45) is 3.09. The first-order chi connectivity index (χ1) is 9.63. The molecule has 0 amide bonds. The van der Waals surface area contributed by atoms with E-state index in [-0.39, 0.29) is 0 Å². The minimum atomic E-state index is 0.475. The number of halogens is 1. The zero-order chi connectivity index (χ0) is 14.5. The van der Waals surface area contributed by atoms with Crippen molar-refractivity contribution in [3.05, 3.63) is 22.8 Å². The summed E-state index contributed by atoms with van der Waals surface area (Å²) >= 11 is 8.47. The van der Waals surface area contributed by atoms with Gasteiger partial charge < -0.3 is 10.2 Å². The molecule has 1 N–H and O–H groups in total. The number of hydrogen-bond acceptors (Lipinski definition) is 4. The van der Waals surface area contributed by atoms with Gasteiger partial charge in [0.1, 0.15) is 5.82 Å². The zero-order valence-electron chi connectivity index (χ0n) is 12.5. The van der Waals surface area contributed by atoms with E-state index in [9.17, 15) is 0 Å². The minimum Gasteiger partial charge on any atom is -0.351 e. The molecule has 1 aliphatic rings. The SMILES string of the molecule is CCCNCc1cnc(N2CCSC(C)C2C)c(Cl)c1. The summed E-state index contributed by atoms with van der Waals surface area (Å²) in [6.45, 7) is 9.58. The van der Waals surface area contributed by atoms with Gasteiger partial charge in [-0.15, -0.1) is 0 Å². The first-order valence-electron chi connectivity index (χ1n) is 7.37. The van der Waals surface area contributed by atoms with Gasteiger partial charge in [-0.05, 0) is 31.5 Å². The zero-order valence-corrected chi connectivity index (χ0v) is 14.1. The van der Waals surface area contributed by atoms with Crippen molar-refractivity contribution in [1.82, 2.24) is 10.3 Å². The van der Waals surface area contributed by atoms with Gasteiger partial charge in [0.15, 0.2) is 0 Å². The number of nitrogens with one attached hydrogen (secondary N) is 1. The molecule has 20 heavy (non-hydrogen) atoms. The van der Waals surface area contributed by atoms with Crippen molar-refractivity contribution >= 4 is 29.2 Å². The monoisotopic (exact) mass is 313 g/mol. The number of nitrogens with zero attached hydrogens (tertiary/aromatic N) is 2. The Kier molecular flexibility index (Phi) is 6.00. The molecule has 0 aromatic carbocycles. The summed E-state index contributed by atoms with van der Waals surface area (Å²) in [5, 5.41) is 4.77. The molecule has 1 aromatic heterocycles. The van der Waals surface area contributed by atoms with Gasteiger partial charge in [-0.25, -0.2) is 4.98 Å². The van der Waals surface area contributed by atoms with Crippen LogP contribution < -0.4 is 10.2 Å². The molecule has 112 valence electrons. The lowest BCUT2D eigenvalue weighted by Gasteiger charge is -2.38. The quantitative estimate of drug-likeness (QED) is 0.841. The Balaban J connectivity index is 2.08. The number of aromatic nitrogens is 1. The van der Waals surface area contributed by atoms with Crippen LogP contribution in [0.15, 0.2) is 12.3 Å². The fraction of sp³-hybridized carbons (Fsp3) is 0.667. The Morgan fingerprint density at radius 1 is 1.50 bits per heavy atom. The van der Waals surface area contributed by atoms with E-state index in [0.29, 0.717) is 11.3 Å². The average molecular weight is 314 g/mol. The summed E-state index contributed by atoms with van der Waals surface area (Å²) in [6, 6.07) is 2.52. The molecule has 1 fully saturated rings. The van der Waals surface area contributed by atoms with Crippen LogP contribution in [0.25, 0.3) is 0 Å². The molecule has 0 bridgehead atoms. The Hall–Kier alpha value is -0.450. The molecule has 1 aliphatic heterocycles. The molecule has 5 heteroatoms.